The summed E-state index contributed by atoms with van der Waals surface area (Å²) >= 11 is 0. The molecule has 0 aliphatic carbocycles. The van der Waals surface area contributed by atoms with Gasteiger partial charge in [-0.05, 0) is 36.2 Å². The normalized spacial score (nSPS) is 13.5. The zero-order valence-corrected chi connectivity index (χ0v) is 10.4. The van der Waals surface area contributed by atoms with Gasteiger partial charge in [-0.1, -0.05) is 12.1 Å². The Kier molecular flexibility index (Phi) is 3.66. The lowest BCUT2D eigenvalue weighted by Crippen LogP contribution is -2.06. The van der Waals surface area contributed by atoms with Crippen LogP contribution in [-0.4, -0.2) is 9.67 Å². The average Bonchev–Trinajstić information content (AvgIpc) is 2.77. The highest BCUT2D eigenvalue weighted by molar-refractivity contribution is 5.26. The van der Waals surface area contributed by atoms with Crippen LogP contribution in [0.25, 0.3) is 0 Å². The van der Waals surface area contributed by atoms with Crippen LogP contribution in [-0.2, 0) is 12.7 Å². The Morgan fingerprint density at radius 3 is 2.58 bits per heavy atom. The van der Waals surface area contributed by atoms with Gasteiger partial charge in [0.2, 0.25) is 0 Å². The van der Waals surface area contributed by atoms with Crippen molar-refractivity contribution in [3.05, 3.63) is 59.4 Å². The fraction of sp³-hybridized carbons (Fsp3) is 0.286. The summed E-state index contributed by atoms with van der Waals surface area (Å²) in [7, 11) is 0. The van der Waals surface area contributed by atoms with Crippen LogP contribution in [0.4, 0.5) is 13.2 Å². The molecule has 2 aromatic rings. The van der Waals surface area contributed by atoms with Crippen LogP contribution in [0.3, 0.4) is 0 Å². The van der Waals surface area contributed by atoms with Crippen molar-refractivity contribution in [2.75, 3.05) is 0 Å². The predicted octanol–water partition coefficient (Wildman–Crippen LogP) is 3.61. The van der Waals surface area contributed by atoms with Crippen molar-refractivity contribution in [1.29, 1.82) is 0 Å². The Hall–Kier alpha value is -1.75. The smallest absolute Gasteiger partial charge is 0.389 e. The number of benzene rings is 1. The van der Waals surface area contributed by atoms with Crippen LogP contribution in [0.5, 0.6) is 0 Å². The monoisotopic (exact) mass is 269 g/mol. The average molecular weight is 269 g/mol. The van der Waals surface area contributed by atoms with Gasteiger partial charge in [0, 0.05) is 18.9 Å². The molecule has 2 nitrogen and oxygen atoms in total. The summed E-state index contributed by atoms with van der Waals surface area (Å²) in [5, 5.41) is 9.39. The van der Waals surface area contributed by atoms with E-state index in [-0.39, 0.29) is 0 Å². The molecule has 1 N–H and O–H groups in total. The SMILES string of the molecule is CC(O)c1ccn(Cc2cccc(C(F)(F)F)c2)c1. The zero-order valence-electron chi connectivity index (χ0n) is 10.4. The van der Waals surface area contributed by atoms with E-state index in [0.717, 1.165) is 17.7 Å². The second-order valence-electron chi connectivity index (χ2n) is 4.49. The third-order valence-electron chi connectivity index (χ3n) is 2.88. The topological polar surface area (TPSA) is 25.2 Å². The maximum atomic E-state index is 12.6. The number of aliphatic hydroxyl groups is 1. The number of rotatable bonds is 3. The number of alkyl halides is 3. The molecule has 0 bridgehead atoms. The molecule has 0 fully saturated rings. The van der Waals surface area contributed by atoms with Gasteiger partial charge in [0.15, 0.2) is 0 Å². The number of hydrogen-bond acceptors (Lipinski definition) is 1. The minimum absolute atomic E-state index is 0.344. The van der Waals surface area contributed by atoms with Crippen molar-refractivity contribution in [2.45, 2.75) is 25.7 Å². The minimum Gasteiger partial charge on any atom is -0.389 e. The lowest BCUT2D eigenvalue weighted by molar-refractivity contribution is -0.137. The molecule has 0 spiro atoms. The molecule has 1 unspecified atom stereocenters. The largest absolute Gasteiger partial charge is 0.416 e. The van der Waals surface area contributed by atoms with Crippen molar-refractivity contribution in [3.8, 4) is 0 Å². The highest BCUT2D eigenvalue weighted by Crippen LogP contribution is 2.29. The molecule has 1 aromatic carbocycles. The highest BCUT2D eigenvalue weighted by Gasteiger charge is 2.30. The molecule has 1 aromatic heterocycles. The molecule has 102 valence electrons. The maximum Gasteiger partial charge on any atom is 0.416 e. The standard InChI is InChI=1S/C14H14F3NO/c1-10(19)12-5-6-18(9-12)8-11-3-2-4-13(7-11)14(15,16)17/h2-7,9-10,19H,8H2,1H3. The van der Waals surface area contributed by atoms with Gasteiger partial charge in [-0.3, -0.25) is 0 Å². The molecular formula is C14H14F3NO. The van der Waals surface area contributed by atoms with Crippen molar-refractivity contribution in [3.63, 3.8) is 0 Å². The molecule has 0 aliphatic rings. The summed E-state index contributed by atoms with van der Waals surface area (Å²) in [6.45, 7) is 1.99. The van der Waals surface area contributed by atoms with Gasteiger partial charge in [0.1, 0.15) is 0 Å². The zero-order chi connectivity index (χ0) is 14.0. The van der Waals surface area contributed by atoms with Gasteiger partial charge in [0.05, 0.1) is 11.7 Å². The Morgan fingerprint density at radius 1 is 1.26 bits per heavy atom. The third-order valence-corrected chi connectivity index (χ3v) is 2.88. The summed E-state index contributed by atoms with van der Waals surface area (Å²) in [6, 6.07) is 7.00. The molecule has 5 heteroatoms. The van der Waals surface area contributed by atoms with Crippen molar-refractivity contribution in [1.82, 2.24) is 4.57 Å². The molecule has 0 radical (unpaired) electrons. The Labute approximate surface area is 109 Å². The number of hydrogen-bond donors (Lipinski definition) is 1. The summed E-state index contributed by atoms with van der Waals surface area (Å²) < 4.78 is 39.5. The van der Waals surface area contributed by atoms with Gasteiger partial charge >= 0.3 is 6.18 Å². The Balaban J connectivity index is 2.19. The van der Waals surface area contributed by atoms with Crippen LogP contribution in [0, 0.1) is 0 Å². The van der Waals surface area contributed by atoms with Crippen molar-refractivity contribution < 1.29 is 18.3 Å². The summed E-state index contributed by atoms with van der Waals surface area (Å²) in [4.78, 5) is 0. The van der Waals surface area contributed by atoms with Crippen molar-refractivity contribution >= 4 is 0 Å². The van der Waals surface area contributed by atoms with Crippen molar-refractivity contribution in [2.24, 2.45) is 0 Å². The van der Waals surface area contributed by atoms with E-state index in [1.165, 1.54) is 6.07 Å². The summed E-state index contributed by atoms with van der Waals surface area (Å²) in [6.07, 6.45) is -1.44. The van der Waals surface area contributed by atoms with E-state index in [2.05, 4.69) is 0 Å². The Bertz CT molecular complexity index is 558. The summed E-state index contributed by atoms with van der Waals surface area (Å²) in [5.74, 6) is 0. The first-order valence-corrected chi connectivity index (χ1v) is 5.86. The predicted molar refractivity (Wildman–Crippen MR) is 65.6 cm³/mol. The van der Waals surface area contributed by atoms with E-state index in [0.29, 0.717) is 12.1 Å². The van der Waals surface area contributed by atoms with E-state index in [1.54, 1.807) is 36.0 Å². The quantitative estimate of drug-likeness (QED) is 0.904. The molecule has 1 heterocycles. The fourth-order valence-corrected chi connectivity index (χ4v) is 1.86. The van der Waals surface area contributed by atoms with E-state index in [4.69, 9.17) is 0 Å². The van der Waals surface area contributed by atoms with Crippen LogP contribution >= 0.6 is 0 Å². The number of nitrogens with zero attached hydrogens (tertiary/aromatic N) is 1. The summed E-state index contributed by atoms with van der Waals surface area (Å²) in [5.41, 5.74) is 0.669. The third kappa shape index (κ3) is 3.38. The first-order chi connectivity index (χ1) is 8.86. The van der Waals surface area contributed by atoms with Crippen LogP contribution in [0.1, 0.15) is 29.7 Å². The number of aromatic nitrogens is 1. The molecular weight excluding hydrogens is 255 g/mol. The molecule has 2 rings (SSSR count). The Morgan fingerprint density at radius 2 is 2.00 bits per heavy atom. The molecule has 0 saturated heterocycles. The lowest BCUT2D eigenvalue weighted by Gasteiger charge is -2.09. The molecule has 0 saturated carbocycles. The highest BCUT2D eigenvalue weighted by atomic mass is 19.4. The van der Waals surface area contributed by atoms with Crippen LogP contribution in [0.2, 0.25) is 0 Å². The van der Waals surface area contributed by atoms with E-state index in [1.807, 2.05) is 0 Å². The van der Waals surface area contributed by atoms with E-state index >= 15 is 0 Å². The van der Waals surface area contributed by atoms with Crippen LogP contribution < -0.4 is 0 Å². The first kappa shape index (κ1) is 13.7. The maximum absolute atomic E-state index is 12.6. The molecule has 0 amide bonds. The van der Waals surface area contributed by atoms with E-state index in [9.17, 15) is 18.3 Å². The second-order valence-corrected chi connectivity index (χ2v) is 4.49. The number of aliphatic hydroxyl groups excluding tert-OH is 1. The molecule has 19 heavy (non-hydrogen) atoms. The fourth-order valence-electron chi connectivity index (χ4n) is 1.86. The van der Waals surface area contributed by atoms with Gasteiger partial charge < -0.3 is 9.67 Å². The number of halogens is 3. The van der Waals surface area contributed by atoms with Gasteiger partial charge in [0.25, 0.3) is 0 Å². The van der Waals surface area contributed by atoms with Gasteiger partial charge in [-0.25, -0.2) is 0 Å². The first-order valence-electron chi connectivity index (χ1n) is 5.86. The molecule has 1 atom stereocenters. The lowest BCUT2D eigenvalue weighted by atomic mass is 10.1. The van der Waals surface area contributed by atoms with Gasteiger partial charge in [-0.15, -0.1) is 0 Å². The molecule has 0 aliphatic heterocycles. The second kappa shape index (κ2) is 5.09. The van der Waals surface area contributed by atoms with Crippen LogP contribution in [0.15, 0.2) is 42.7 Å². The van der Waals surface area contributed by atoms with Gasteiger partial charge in [-0.2, -0.15) is 13.2 Å². The minimum atomic E-state index is -4.32. The van der Waals surface area contributed by atoms with E-state index < -0.39 is 17.8 Å².